The average molecular weight is 449 g/mol. The number of carbonyl (C=O) groups is 1. The number of hydrogen-bond donors (Lipinski definition) is 2. The van der Waals surface area contributed by atoms with Gasteiger partial charge in [-0.2, -0.15) is 0 Å². The molecule has 2 N–H and O–H groups in total. The summed E-state index contributed by atoms with van der Waals surface area (Å²) in [7, 11) is -3.84. The maximum absolute atomic E-state index is 12.7. The van der Waals surface area contributed by atoms with Crippen molar-refractivity contribution in [2.24, 2.45) is 0 Å². The first-order valence-electron chi connectivity index (χ1n) is 8.62. The van der Waals surface area contributed by atoms with Gasteiger partial charge in [-0.05, 0) is 67.9 Å². The number of halogens is 2. The number of hydrogen-bond acceptors (Lipinski definition) is 3. The molecule has 0 bridgehead atoms. The van der Waals surface area contributed by atoms with Crippen LogP contribution < -0.4 is 10.0 Å². The van der Waals surface area contributed by atoms with Gasteiger partial charge < -0.3 is 5.32 Å². The molecule has 3 aromatic carbocycles. The molecular formula is C21H18Cl2N2O3S. The summed E-state index contributed by atoms with van der Waals surface area (Å²) >= 11 is 12.0. The van der Waals surface area contributed by atoms with E-state index in [1.165, 1.54) is 42.5 Å². The molecule has 29 heavy (non-hydrogen) atoms. The molecule has 5 nitrogen and oxygen atoms in total. The van der Waals surface area contributed by atoms with E-state index in [-0.39, 0.29) is 21.2 Å². The maximum Gasteiger partial charge on any atom is 0.261 e. The van der Waals surface area contributed by atoms with Crippen molar-refractivity contribution in [1.82, 2.24) is 0 Å². The highest BCUT2D eigenvalue weighted by Gasteiger charge is 2.17. The highest BCUT2D eigenvalue weighted by atomic mass is 35.5. The largest absolute Gasteiger partial charge is 0.322 e. The molecular weight excluding hydrogens is 431 g/mol. The van der Waals surface area contributed by atoms with E-state index < -0.39 is 15.9 Å². The van der Waals surface area contributed by atoms with Crippen LogP contribution >= 0.6 is 23.2 Å². The Bertz CT molecular complexity index is 1180. The molecule has 8 heteroatoms. The van der Waals surface area contributed by atoms with Gasteiger partial charge in [0.05, 0.1) is 15.5 Å². The summed E-state index contributed by atoms with van der Waals surface area (Å²) in [4.78, 5) is 12.8. The lowest BCUT2D eigenvalue weighted by Gasteiger charge is -2.13. The summed E-state index contributed by atoms with van der Waals surface area (Å²) in [6, 6.07) is 15.8. The Kier molecular flexibility index (Phi) is 6.17. The monoisotopic (exact) mass is 448 g/mol. The van der Waals surface area contributed by atoms with Gasteiger partial charge >= 0.3 is 0 Å². The second-order valence-corrected chi connectivity index (χ2v) is 9.05. The summed E-state index contributed by atoms with van der Waals surface area (Å²) in [6.07, 6.45) is 0. The minimum atomic E-state index is -3.84. The van der Waals surface area contributed by atoms with Gasteiger partial charge in [0.25, 0.3) is 15.9 Å². The van der Waals surface area contributed by atoms with Gasteiger partial charge in [0.2, 0.25) is 0 Å². The SMILES string of the molecule is Cc1ccc(NC(=O)c2cc(NS(=O)(=O)c3ccc(Cl)cc3)ccc2Cl)c(C)c1. The van der Waals surface area contributed by atoms with Gasteiger partial charge in [0.15, 0.2) is 0 Å². The zero-order valence-electron chi connectivity index (χ0n) is 15.7. The van der Waals surface area contributed by atoms with Gasteiger partial charge in [-0.1, -0.05) is 40.9 Å². The van der Waals surface area contributed by atoms with Crippen molar-refractivity contribution < 1.29 is 13.2 Å². The number of rotatable bonds is 5. The van der Waals surface area contributed by atoms with Gasteiger partial charge in [0.1, 0.15) is 0 Å². The molecule has 0 radical (unpaired) electrons. The van der Waals surface area contributed by atoms with Crippen LogP contribution in [0, 0.1) is 13.8 Å². The van der Waals surface area contributed by atoms with E-state index in [2.05, 4.69) is 10.0 Å². The number of aryl methyl sites for hydroxylation is 2. The number of benzene rings is 3. The highest BCUT2D eigenvalue weighted by molar-refractivity contribution is 7.92. The van der Waals surface area contributed by atoms with Gasteiger partial charge in [-0.3, -0.25) is 9.52 Å². The molecule has 0 atom stereocenters. The maximum atomic E-state index is 12.7. The topological polar surface area (TPSA) is 75.3 Å². The van der Waals surface area contributed by atoms with Crippen molar-refractivity contribution in [3.8, 4) is 0 Å². The van der Waals surface area contributed by atoms with E-state index in [4.69, 9.17) is 23.2 Å². The fraction of sp³-hybridized carbons (Fsp3) is 0.0952. The summed E-state index contributed by atoms with van der Waals surface area (Å²) in [6.45, 7) is 3.85. The molecule has 0 unspecified atom stereocenters. The van der Waals surface area contributed by atoms with E-state index in [0.29, 0.717) is 10.7 Å². The van der Waals surface area contributed by atoms with Crippen LogP contribution in [0.1, 0.15) is 21.5 Å². The Morgan fingerprint density at radius 3 is 2.24 bits per heavy atom. The van der Waals surface area contributed by atoms with E-state index in [9.17, 15) is 13.2 Å². The predicted molar refractivity (Wildman–Crippen MR) is 118 cm³/mol. The smallest absolute Gasteiger partial charge is 0.261 e. The third-order valence-electron chi connectivity index (χ3n) is 4.22. The first-order chi connectivity index (χ1) is 13.7. The summed E-state index contributed by atoms with van der Waals surface area (Å²) < 4.78 is 27.6. The predicted octanol–water partition coefficient (Wildman–Crippen LogP) is 5.66. The van der Waals surface area contributed by atoms with E-state index in [1.54, 1.807) is 0 Å². The quantitative estimate of drug-likeness (QED) is 0.528. The third kappa shape index (κ3) is 5.09. The Morgan fingerprint density at radius 1 is 0.897 bits per heavy atom. The third-order valence-corrected chi connectivity index (χ3v) is 6.20. The van der Waals surface area contributed by atoms with Crippen molar-refractivity contribution in [3.05, 3.63) is 87.4 Å². The first kappa shape index (κ1) is 21.2. The lowest BCUT2D eigenvalue weighted by Crippen LogP contribution is -2.16. The molecule has 0 aliphatic heterocycles. The molecule has 0 fully saturated rings. The van der Waals surface area contributed by atoms with Crippen LogP contribution in [-0.2, 0) is 10.0 Å². The van der Waals surface area contributed by atoms with Crippen molar-refractivity contribution in [2.75, 3.05) is 10.0 Å². The highest BCUT2D eigenvalue weighted by Crippen LogP contribution is 2.25. The van der Waals surface area contributed by atoms with Crippen molar-refractivity contribution in [2.45, 2.75) is 18.7 Å². The van der Waals surface area contributed by atoms with Crippen molar-refractivity contribution in [1.29, 1.82) is 0 Å². The number of carbonyl (C=O) groups excluding carboxylic acids is 1. The molecule has 3 rings (SSSR count). The zero-order valence-corrected chi connectivity index (χ0v) is 18.0. The fourth-order valence-electron chi connectivity index (χ4n) is 2.73. The molecule has 0 saturated heterocycles. The van der Waals surface area contributed by atoms with Gasteiger partial charge in [-0.15, -0.1) is 0 Å². The molecule has 1 amide bonds. The molecule has 0 aliphatic rings. The Morgan fingerprint density at radius 2 is 1.59 bits per heavy atom. The van der Waals surface area contributed by atoms with Crippen LogP contribution in [0.3, 0.4) is 0 Å². The van der Waals surface area contributed by atoms with Crippen LogP contribution in [0.4, 0.5) is 11.4 Å². The lowest BCUT2D eigenvalue weighted by atomic mass is 10.1. The number of sulfonamides is 1. The Labute approximate surface area is 179 Å². The fourth-order valence-corrected chi connectivity index (χ4v) is 4.11. The van der Waals surface area contributed by atoms with Crippen LogP contribution in [0.25, 0.3) is 0 Å². The second kappa shape index (κ2) is 8.45. The van der Waals surface area contributed by atoms with Crippen molar-refractivity contribution in [3.63, 3.8) is 0 Å². The normalized spacial score (nSPS) is 11.2. The minimum absolute atomic E-state index is 0.0538. The van der Waals surface area contributed by atoms with Gasteiger partial charge in [-0.25, -0.2) is 8.42 Å². The molecule has 3 aromatic rings. The molecule has 0 aliphatic carbocycles. The second-order valence-electron chi connectivity index (χ2n) is 6.53. The van der Waals surface area contributed by atoms with Crippen LogP contribution in [0.15, 0.2) is 65.6 Å². The number of anilines is 2. The number of amides is 1. The van der Waals surface area contributed by atoms with Crippen LogP contribution in [0.2, 0.25) is 10.0 Å². The van der Waals surface area contributed by atoms with Crippen molar-refractivity contribution >= 4 is 50.5 Å². The first-order valence-corrected chi connectivity index (χ1v) is 10.9. The minimum Gasteiger partial charge on any atom is -0.322 e. The summed E-state index contributed by atoms with van der Waals surface area (Å²) in [5.41, 5.74) is 3.02. The van der Waals surface area contributed by atoms with Gasteiger partial charge in [0, 0.05) is 16.4 Å². The Hall–Kier alpha value is -2.54. The number of nitrogens with one attached hydrogen (secondary N) is 2. The van der Waals surface area contributed by atoms with Crippen LogP contribution in [-0.4, -0.2) is 14.3 Å². The molecule has 0 spiro atoms. The zero-order chi connectivity index (χ0) is 21.2. The summed E-state index contributed by atoms with van der Waals surface area (Å²) in [5.74, 6) is -0.436. The van der Waals surface area contributed by atoms with E-state index in [0.717, 1.165) is 11.1 Å². The molecule has 0 aromatic heterocycles. The summed E-state index contributed by atoms with van der Waals surface area (Å²) in [5, 5.41) is 3.45. The van der Waals surface area contributed by atoms with Crippen LogP contribution in [0.5, 0.6) is 0 Å². The Balaban J connectivity index is 1.85. The molecule has 0 saturated carbocycles. The lowest BCUT2D eigenvalue weighted by molar-refractivity contribution is 0.102. The van der Waals surface area contributed by atoms with E-state index >= 15 is 0 Å². The molecule has 150 valence electrons. The molecule has 0 heterocycles. The standard InChI is InChI=1S/C21H18Cl2N2O3S/c1-13-3-10-20(14(2)11-13)24-21(26)18-12-16(6-9-19(18)23)25-29(27,28)17-7-4-15(22)5-8-17/h3-12,25H,1-2H3,(H,24,26). The average Bonchev–Trinajstić information content (AvgIpc) is 2.65. The van der Waals surface area contributed by atoms with E-state index in [1.807, 2.05) is 32.0 Å².